The van der Waals surface area contributed by atoms with Gasteiger partial charge in [0.25, 0.3) is 0 Å². The summed E-state index contributed by atoms with van der Waals surface area (Å²) in [5, 5.41) is 0. The van der Waals surface area contributed by atoms with Crippen LogP contribution in [0.25, 0.3) is 0 Å². The van der Waals surface area contributed by atoms with E-state index in [2.05, 4.69) is 17.0 Å². The Hall–Kier alpha value is -2.60. The fraction of sp³-hybridized carbons (Fsp3) is 0.455. The van der Waals surface area contributed by atoms with E-state index in [9.17, 15) is 9.59 Å². The molecule has 1 aromatic carbocycles. The average molecular weight is 382 g/mol. The third-order valence-corrected chi connectivity index (χ3v) is 5.86. The van der Waals surface area contributed by atoms with Crippen LogP contribution in [0, 0.1) is 12.8 Å². The Kier molecular flexibility index (Phi) is 4.98. The van der Waals surface area contributed by atoms with Crippen molar-refractivity contribution in [2.45, 2.75) is 38.9 Å². The lowest BCUT2D eigenvalue weighted by Gasteiger charge is -2.39. The highest BCUT2D eigenvalue weighted by atomic mass is 16.5. The lowest BCUT2D eigenvalue weighted by Crippen LogP contribution is -2.42. The van der Waals surface area contributed by atoms with E-state index < -0.39 is 0 Å². The summed E-state index contributed by atoms with van der Waals surface area (Å²) in [4.78, 5) is 29.5. The predicted octanol–water partition coefficient (Wildman–Crippen LogP) is 2.89. The summed E-state index contributed by atoms with van der Waals surface area (Å²) in [6, 6.07) is 11.7. The van der Waals surface area contributed by atoms with Crippen LogP contribution in [0.3, 0.4) is 0 Å². The van der Waals surface area contributed by atoms with Gasteiger partial charge in [0.15, 0.2) is 0 Å². The zero-order valence-corrected chi connectivity index (χ0v) is 16.6. The molecule has 1 fully saturated rings. The van der Waals surface area contributed by atoms with E-state index in [0.29, 0.717) is 30.9 Å². The van der Waals surface area contributed by atoms with Gasteiger partial charge in [-0.25, -0.2) is 4.79 Å². The molecule has 0 amide bonds. The van der Waals surface area contributed by atoms with Crippen molar-refractivity contribution in [2.24, 2.45) is 5.92 Å². The van der Waals surface area contributed by atoms with Crippen molar-refractivity contribution in [3.05, 3.63) is 63.7 Å². The van der Waals surface area contributed by atoms with Gasteiger partial charge >= 0.3 is 11.6 Å². The Morgan fingerprint density at radius 2 is 2.04 bits per heavy atom. The maximum atomic E-state index is 12.8. The first-order chi connectivity index (χ1) is 13.5. The zero-order valence-electron chi connectivity index (χ0n) is 16.6. The number of benzene rings is 1. The standard InChI is InChI=1S/C22H26N2O4/c1-4-27-21(25)18-11-16-13-24(12-15-8-6-5-7-9-15)17-10-14(2)28-22(26)19(17)20(16)23(18)3/h5-10,16,18,20H,4,11-13H2,1-3H3/t16-,18+,20-/m1/s1. The molecule has 1 aromatic heterocycles. The van der Waals surface area contributed by atoms with Crippen LogP contribution < -0.4 is 10.5 Å². The topological polar surface area (TPSA) is 63.0 Å². The van der Waals surface area contributed by atoms with Gasteiger partial charge in [-0.1, -0.05) is 30.3 Å². The van der Waals surface area contributed by atoms with Crippen molar-refractivity contribution in [3.63, 3.8) is 0 Å². The second kappa shape index (κ2) is 7.43. The van der Waals surface area contributed by atoms with Crippen LogP contribution in [0.15, 0.2) is 45.6 Å². The molecule has 1 saturated heterocycles. The van der Waals surface area contributed by atoms with Crippen molar-refractivity contribution >= 4 is 11.7 Å². The first kappa shape index (κ1) is 18.7. The van der Waals surface area contributed by atoms with Gasteiger partial charge in [0.2, 0.25) is 0 Å². The summed E-state index contributed by atoms with van der Waals surface area (Å²) in [5.41, 5.74) is 2.45. The van der Waals surface area contributed by atoms with Crippen molar-refractivity contribution in [2.75, 3.05) is 25.1 Å². The number of ether oxygens (including phenoxy) is 1. The van der Waals surface area contributed by atoms with E-state index >= 15 is 0 Å². The fourth-order valence-corrected chi connectivity index (χ4v) is 4.70. The quantitative estimate of drug-likeness (QED) is 0.758. The van der Waals surface area contributed by atoms with Gasteiger partial charge < -0.3 is 14.1 Å². The van der Waals surface area contributed by atoms with Gasteiger partial charge in [0, 0.05) is 25.2 Å². The maximum absolute atomic E-state index is 12.8. The largest absolute Gasteiger partial charge is 0.465 e. The van der Waals surface area contributed by atoms with Crippen molar-refractivity contribution < 1.29 is 13.9 Å². The molecule has 0 spiro atoms. The Labute approximate surface area is 164 Å². The molecule has 4 rings (SSSR count). The van der Waals surface area contributed by atoms with Gasteiger partial charge in [-0.2, -0.15) is 0 Å². The summed E-state index contributed by atoms with van der Waals surface area (Å²) in [5.74, 6) is 0.552. The molecule has 28 heavy (non-hydrogen) atoms. The Bertz CT molecular complexity index is 924. The molecule has 0 aliphatic carbocycles. The number of esters is 1. The predicted molar refractivity (Wildman–Crippen MR) is 106 cm³/mol. The SMILES string of the molecule is CCOC(=O)[C@@H]1C[C@@H]2CN(Cc3ccccc3)c3cc(C)oc(=O)c3[C@@H]2N1C. The number of carbonyl (C=O) groups is 1. The van der Waals surface area contributed by atoms with Gasteiger partial charge in [0.05, 0.1) is 17.9 Å². The van der Waals surface area contributed by atoms with E-state index in [-0.39, 0.29) is 29.6 Å². The molecule has 6 heteroatoms. The van der Waals surface area contributed by atoms with Crippen LogP contribution in [0.5, 0.6) is 0 Å². The van der Waals surface area contributed by atoms with Crippen molar-refractivity contribution in [1.82, 2.24) is 4.90 Å². The minimum atomic E-state index is -0.333. The molecular formula is C22H26N2O4. The lowest BCUT2D eigenvalue weighted by atomic mass is 9.88. The molecule has 3 atom stereocenters. The molecule has 0 radical (unpaired) electrons. The van der Waals surface area contributed by atoms with Gasteiger partial charge in [-0.15, -0.1) is 0 Å². The number of anilines is 1. The first-order valence-electron chi connectivity index (χ1n) is 9.81. The number of nitrogens with zero attached hydrogens (tertiary/aromatic N) is 2. The monoisotopic (exact) mass is 382 g/mol. The molecule has 0 saturated carbocycles. The molecule has 0 N–H and O–H groups in total. The second-order valence-corrected chi connectivity index (χ2v) is 7.68. The smallest absolute Gasteiger partial charge is 0.342 e. The van der Waals surface area contributed by atoms with Gasteiger partial charge in [-0.05, 0) is 38.8 Å². The third kappa shape index (κ3) is 3.22. The van der Waals surface area contributed by atoms with Crippen LogP contribution in [-0.2, 0) is 16.1 Å². The van der Waals surface area contributed by atoms with Crippen LogP contribution in [-0.4, -0.2) is 37.1 Å². The van der Waals surface area contributed by atoms with E-state index in [1.54, 1.807) is 6.92 Å². The Morgan fingerprint density at radius 1 is 1.29 bits per heavy atom. The van der Waals surface area contributed by atoms with Crippen molar-refractivity contribution in [3.8, 4) is 0 Å². The van der Waals surface area contributed by atoms with E-state index in [1.807, 2.05) is 43.1 Å². The number of carbonyl (C=O) groups excluding carboxylic acids is 1. The summed E-state index contributed by atoms with van der Waals surface area (Å²) in [6.07, 6.45) is 0.679. The summed E-state index contributed by atoms with van der Waals surface area (Å²) < 4.78 is 10.7. The van der Waals surface area contributed by atoms with Gasteiger partial charge in [0.1, 0.15) is 11.8 Å². The third-order valence-electron chi connectivity index (χ3n) is 5.86. The number of hydrogen-bond acceptors (Lipinski definition) is 6. The highest BCUT2D eigenvalue weighted by Crippen LogP contribution is 2.47. The molecule has 6 nitrogen and oxygen atoms in total. The number of rotatable bonds is 4. The molecule has 2 aliphatic heterocycles. The Balaban J connectivity index is 1.73. The first-order valence-corrected chi connectivity index (χ1v) is 9.81. The highest BCUT2D eigenvalue weighted by molar-refractivity contribution is 5.76. The lowest BCUT2D eigenvalue weighted by molar-refractivity contribution is -0.148. The molecule has 2 aliphatic rings. The fourth-order valence-electron chi connectivity index (χ4n) is 4.70. The van der Waals surface area contributed by atoms with E-state index in [0.717, 1.165) is 12.2 Å². The molecule has 2 aromatic rings. The minimum Gasteiger partial charge on any atom is -0.465 e. The molecule has 3 heterocycles. The van der Waals surface area contributed by atoms with E-state index in [1.165, 1.54) is 5.56 Å². The van der Waals surface area contributed by atoms with Crippen LogP contribution in [0.4, 0.5) is 5.69 Å². The Morgan fingerprint density at radius 3 is 2.75 bits per heavy atom. The molecule has 0 unspecified atom stereocenters. The van der Waals surface area contributed by atoms with Crippen molar-refractivity contribution in [1.29, 1.82) is 0 Å². The summed E-state index contributed by atoms with van der Waals surface area (Å²) in [6.45, 7) is 5.47. The zero-order chi connectivity index (χ0) is 19.8. The number of hydrogen-bond donors (Lipinski definition) is 0. The average Bonchev–Trinajstić information content (AvgIpc) is 2.99. The van der Waals surface area contributed by atoms with Crippen LogP contribution >= 0.6 is 0 Å². The molecular weight excluding hydrogens is 356 g/mol. The second-order valence-electron chi connectivity index (χ2n) is 7.68. The molecule has 0 bridgehead atoms. The van der Waals surface area contributed by atoms with Crippen LogP contribution in [0.1, 0.15) is 36.3 Å². The number of fused-ring (bicyclic) bond motifs is 3. The van der Waals surface area contributed by atoms with Gasteiger partial charge in [-0.3, -0.25) is 9.69 Å². The number of likely N-dealkylation sites (tertiary alicyclic amines) is 1. The van der Waals surface area contributed by atoms with E-state index in [4.69, 9.17) is 9.15 Å². The van der Waals surface area contributed by atoms with Crippen LogP contribution in [0.2, 0.25) is 0 Å². The maximum Gasteiger partial charge on any atom is 0.342 e. The number of likely N-dealkylation sites (N-methyl/N-ethyl adjacent to an activating group) is 1. The number of aryl methyl sites for hydroxylation is 1. The highest BCUT2D eigenvalue weighted by Gasteiger charge is 2.49. The molecule has 148 valence electrons. The summed E-state index contributed by atoms with van der Waals surface area (Å²) >= 11 is 0. The normalized spacial score (nSPS) is 24.0. The summed E-state index contributed by atoms with van der Waals surface area (Å²) in [7, 11) is 1.90. The minimum absolute atomic E-state index is 0.131.